The first-order valence-electron chi connectivity index (χ1n) is 32.5. The number of aliphatic hydroxyl groups excluding tert-OH is 1. The molecule has 0 radical (unpaired) electrons. The number of carbonyl (C=O) groups excluding carboxylic acids is 4. The molecular weight excluding hydrogens is 1220 g/mol. The highest BCUT2D eigenvalue weighted by Crippen LogP contribution is 2.32. The minimum Gasteiger partial charge on any atom is -0.391 e. The standard InChI is InChI=1S/C69H92N12O12S/c1-49-64(94-48-74-49)54-13-10-50(11-14-54)40-72-66(85)60-38-59(82)46-80(60)67(86)65(69(2,3)4)77-62(83)47-93-29-9-8-28-89-31-33-91-35-37-92-36-34-90-32-30-88-27-7-6-26-79-44-52(43-75-79)42-73-68(87)81(57-20-15-53(16-21-57)55-17-25-63(84)78(5)45-55)58-22-18-56(19-23-58)76-61-24-12-51(39-70)41-71-61/h10-17,20-21,24-25,41,43-45,48,56,58-60,65,82H,6-9,18-19,22-23,26-38,40,42,46-47H2,1-5H3,(H,71,76)(H,72,85)(H,73,87)(H,77,83)/t56?,58?,59-,60+,65-/m1/s1. The second-order valence-electron chi connectivity index (χ2n) is 24.7. The van der Waals surface area contributed by atoms with E-state index in [1.807, 2.05) is 104 Å². The topological polar surface area (TPSA) is 288 Å². The van der Waals surface area contributed by atoms with E-state index in [1.165, 1.54) is 4.90 Å². The van der Waals surface area contributed by atoms with Crippen molar-refractivity contribution in [3.8, 4) is 27.6 Å². The molecule has 1 aliphatic heterocycles. The number of nitriles is 1. The van der Waals surface area contributed by atoms with E-state index in [4.69, 9.17) is 33.7 Å². The van der Waals surface area contributed by atoms with Crippen molar-refractivity contribution in [2.75, 3.05) is 96.0 Å². The molecule has 25 heteroatoms. The molecule has 2 aliphatic rings. The van der Waals surface area contributed by atoms with Crippen LogP contribution in [0.2, 0.25) is 0 Å². The number of aromatic nitrogens is 5. The summed E-state index contributed by atoms with van der Waals surface area (Å²) in [5.41, 5.74) is 7.99. The quantitative estimate of drug-likeness (QED) is 0.0235. The van der Waals surface area contributed by atoms with Crippen molar-refractivity contribution >= 4 is 46.6 Å². The number of anilines is 2. The number of ether oxygens (including phenoxy) is 6. The number of aryl methyl sites for hydroxylation is 3. The van der Waals surface area contributed by atoms with E-state index in [9.17, 15) is 29.1 Å². The highest BCUT2D eigenvalue weighted by atomic mass is 32.1. The molecule has 5 heterocycles. The minimum absolute atomic E-state index is 0.0115. The van der Waals surface area contributed by atoms with Crippen LogP contribution in [0.4, 0.5) is 16.3 Å². The third-order valence-electron chi connectivity index (χ3n) is 16.4. The van der Waals surface area contributed by atoms with Gasteiger partial charge in [-0.2, -0.15) is 10.4 Å². The maximum atomic E-state index is 14.1. The molecular formula is C69H92N12O12S. The molecule has 506 valence electrons. The number of β-amino-alcohol motifs (C(OH)–C–C–N with tert-alkyl or cyclic N) is 1. The number of nitrogens with zero attached hydrogens (tertiary/aromatic N) is 8. The van der Waals surface area contributed by atoms with Crippen molar-refractivity contribution in [1.82, 2.24) is 45.2 Å². The number of urea groups is 1. The van der Waals surface area contributed by atoms with Gasteiger partial charge < -0.3 is 64.3 Å². The van der Waals surface area contributed by atoms with Gasteiger partial charge in [0.15, 0.2) is 0 Å². The van der Waals surface area contributed by atoms with E-state index in [1.54, 1.807) is 59.7 Å². The number of likely N-dealkylation sites (tertiary alicyclic amines) is 1. The fraction of sp³-hybridized carbons (Fsp3) is 0.522. The monoisotopic (exact) mass is 1310 g/mol. The van der Waals surface area contributed by atoms with Gasteiger partial charge in [0, 0.05) is 107 Å². The van der Waals surface area contributed by atoms with Gasteiger partial charge in [0.05, 0.1) is 86.8 Å². The summed E-state index contributed by atoms with van der Waals surface area (Å²) in [5.74, 6) is -0.520. The number of nitrogens with one attached hydrogen (secondary N) is 4. The summed E-state index contributed by atoms with van der Waals surface area (Å²) < 4.78 is 37.4. The molecule has 6 aromatic rings. The molecule has 1 aliphatic carbocycles. The van der Waals surface area contributed by atoms with Gasteiger partial charge in [0.1, 0.15) is 30.6 Å². The smallest absolute Gasteiger partial charge is 0.322 e. The van der Waals surface area contributed by atoms with Crippen LogP contribution in [0.5, 0.6) is 0 Å². The summed E-state index contributed by atoms with van der Waals surface area (Å²) in [6.07, 6.45) is 12.7. The van der Waals surface area contributed by atoms with Crippen LogP contribution < -0.4 is 31.7 Å². The Kier molecular flexibility index (Phi) is 28.5. The van der Waals surface area contributed by atoms with Crippen LogP contribution >= 0.6 is 11.3 Å². The number of hydrogen-bond donors (Lipinski definition) is 5. The largest absolute Gasteiger partial charge is 0.391 e. The molecule has 0 unspecified atom stereocenters. The van der Waals surface area contributed by atoms with Crippen LogP contribution in [0.1, 0.15) is 101 Å². The third-order valence-corrected chi connectivity index (χ3v) is 17.4. The number of aliphatic hydroxyl groups is 1. The predicted molar refractivity (Wildman–Crippen MR) is 358 cm³/mol. The molecule has 4 aromatic heterocycles. The average molecular weight is 1310 g/mol. The van der Waals surface area contributed by atoms with Crippen LogP contribution in [-0.4, -0.2) is 174 Å². The first-order valence-corrected chi connectivity index (χ1v) is 33.4. The molecule has 0 spiro atoms. The number of unbranched alkanes of at least 4 members (excludes halogenated alkanes) is 2. The van der Waals surface area contributed by atoms with Crippen LogP contribution in [0.25, 0.3) is 21.6 Å². The lowest BCUT2D eigenvalue weighted by Gasteiger charge is -2.37. The van der Waals surface area contributed by atoms with Crippen LogP contribution in [-0.2, 0) is 69.5 Å². The van der Waals surface area contributed by atoms with E-state index in [2.05, 4.69) is 42.4 Å². The fourth-order valence-corrected chi connectivity index (χ4v) is 12.0. The molecule has 1 saturated carbocycles. The van der Waals surface area contributed by atoms with Gasteiger partial charge in [0.25, 0.3) is 0 Å². The van der Waals surface area contributed by atoms with Gasteiger partial charge >= 0.3 is 6.03 Å². The first kappa shape index (κ1) is 71.9. The molecule has 5 N–H and O–H groups in total. The van der Waals surface area contributed by atoms with Crippen molar-refractivity contribution in [1.29, 1.82) is 5.26 Å². The minimum atomic E-state index is -0.950. The van der Waals surface area contributed by atoms with E-state index in [0.717, 1.165) is 94.8 Å². The Morgan fingerprint density at radius 2 is 1.34 bits per heavy atom. The Labute approximate surface area is 554 Å². The van der Waals surface area contributed by atoms with Gasteiger partial charge in [-0.25, -0.2) is 14.8 Å². The molecule has 8 rings (SSSR count). The summed E-state index contributed by atoms with van der Waals surface area (Å²) in [7, 11) is 1.73. The Hall–Kier alpha value is -7.93. The first-order chi connectivity index (χ1) is 45.5. The third kappa shape index (κ3) is 22.6. The molecule has 0 bridgehead atoms. The number of benzene rings is 2. The summed E-state index contributed by atoms with van der Waals surface area (Å²) >= 11 is 1.57. The number of amides is 5. The fourth-order valence-electron chi connectivity index (χ4n) is 11.2. The lowest BCUT2D eigenvalue weighted by Crippen LogP contribution is -2.58. The Bertz CT molecular complexity index is 3410. The van der Waals surface area contributed by atoms with Crippen LogP contribution in [0, 0.1) is 23.7 Å². The zero-order valence-electron chi connectivity index (χ0n) is 54.8. The zero-order valence-corrected chi connectivity index (χ0v) is 55.6. The van der Waals surface area contributed by atoms with Gasteiger partial charge in [0.2, 0.25) is 23.3 Å². The van der Waals surface area contributed by atoms with Crippen LogP contribution in [0.3, 0.4) is 0 Å². The van der Waals surface area contributed by atoms with Crippen molar-refractivity contribution in [2.24, 2.45) is 12.5 Å². The van der Waals surface area contributed by atoms with E-state index >= 15 is 0 Å². The molecule has 2 aromatic carbocycles. The summed E-state index contributed by atoms with van der Waals surface area (Å²) in [6.45, 7) is 13.6. The number of carbonyl (C=O) groups is 4. The average Bonchev–Trinajstić information content (AvgIpc) is 1.47. The van der Waals surface area contributed by atoms with Crippen molar-refractivity contribution in [3.63, 3.8) is 0 Å². The number of thiazole rings is 1. The number of pyridine rings is 2. The number of rotatable bonds is 37. The lowest BCUT2D eigenvalue weighted by molar-refractivity contribution is -0.144. The Morgan fingerprint density at radius 1 is 0.723 bits per heavy atom. The molecule has 24 nitrogen and oxygen atoms in total. The number of hydrogen-bond acceptors (Lipinski definition) is 18. The lowest BCUT2D eigenvalue weighted by atomic mass is 9.85. The second-order valence-corrected chi connectivity index (χ2v) is 25.6. The zero-order chi connectivity index (χ0) is 66.7. The highest BCUT2D eigenvalue weighted by molar-refractivity contribution is 7.13. The van der Waals surface area contributed by atoms with Crippen LogP contribution in [0.15, 0.2) is 108 Å². The Morgan fingerprint density at radius 3 is 1.95 bits per heavy atom. The molecule has 94 heavy (non-hydrogen) atoms. The van der Waals surface area contributed by atoms with E-state index in [-0.39, 0.29) is 55.7 Å². The van der Waals surface area contributed by atoms with Crippen molar-refractivity contribution in [2.45, 2.75) is 135 Å². The normalized spacial score (nSPS) is 16.7. The molecule has 5 amide bonds. The van der Waals surface area contributed by atoms with Crippen molar-refractivity contribution in [3.05, 3.63) is 136 Å². The van der Waals surface area contributed by atoms with E-state index in [0.29, 0.717) is 97.7 Å². The van der Waals surface area contributed by atoms with Gasteiger partial charge in [-0.1, -0.05) is 57.2 Å². The maximum absolute atomic E-state index is 14.1. The van der Waals surface area contributed by atoms with Crippen molar-refractivity contribution < 1.29 is 52.7 Å². The molecule has 3 atom stereocenters. The summed E-state index contributed by atoms with van der Waals surface area (Å²) in [4.78, 5) is 79.7. The van der Waals surface area contributed by atoms with Gasteiger partial charge in [-0.05, 0) is 116 Å². The van der Waals surface area contributed by atoms with Gasteiger partial charge in [-0.3, -0.25) is 28.8 Å². The van der Waals surface area contributed by atoms with E-state index < -0.39 is 35.4 Å². The SMILES string of the molecule is Cc1ncsc1-c1ccc(CNC(=O)[C@@H]2C[C@@H](O)CN2C(=O)[C@@H](NC(=O)COCCCCOCCOCCOCCOCCOCCCCn2cc(CNC(=O)N(c3ccc(-c4ccc(=O)n(C)c4)cc3)C3CCC(Nc4ccc(C#N)cn4)CC3)cn2)C(C)(C)C)cc1. The molecule has 1 saturated heterocycles. The molecule has 2 fully saturated rings. The predicted octanol–water partition coefficient (Wildman–Crippen LogP) is 7.56. The second kappa shape index (κ2) is 37.2. The van der Waals surface area contributed by atoms with Gasteiger partial charge in [-0.15, -0.1) is 11.3 Å². The maximum Gasteiger partial charge on any atom is 0.322 e. The Balaban J connectivity index is 0.604. The summed E-state index contributed by atoms with van der Waals surface area (Å²) in [6, 6.07) is 22.9. The summed E-state index contributed by atoms with van der Waals surface area (Å²) in [5, 5.41) is 36.7. The highest BCUT2D eigenvalue weighted by Gasteiger charge is 2.44.